The molecule has 7 nitrogen and oxygen atoms in total. The summed E-state index contributed by atoms with van der Waals surface area (Å²) >= 11 is 0. The zero-order valence-corrected chi connectivity index (χ0v) is 14.2. The summed E-state index contributed by atoms with van der Waals surface area (Å²) in [5, 5.41) is 8.96. The van der Waals surface area contributed by atoms with Crippen molar-refractivity contribution < 1.29 is 13.8 Å². The summed E-state index contributed by atoms with van der Waals surface area (Å²) in [6.07, 6.45) is 2.66. The summed E-state index contributed by atoms with van der Waals surface area (Å²) in [5.74, 6) is 1.31. The van der Waals surface area contributed by atoms with Crippen LogP contribution >= 0.6 is 0 Å². The van der Waals surface area contributed by atoms with Crippen LogP contribution in [0.3, 0.4) is 0 Å². The van der Waals surface area contributed by atoms with E-state index in [0.29, 0.717) is 17.4 Å². The second-order valence-electron chi connectivity index (χ2n) is 7.36. The summed E-state index contributed by atoms with van der Waals surface area (Å²) in [6.45, 7) is 9.11. The van der Waals surface area contributed by atoms with Gasteiger partial charge in [-0.2, -0.15) is 4.98 Å². The summed E-state index contributed by atoms with van der Waals surface area (Å²) < 4.78 is 16.5. The molecule has 1 aliphatic rings. The molecular formula is C17H20N4O3. The molecule has 1 saturated heterocycles. The molecule has 0 bridgehead atoms. The first-order valence-corrected chi connectivity index (χ1v) is 8.11. The van der Waals surface area contributed by atoms with E-state index in [0.717, 1.165) is 29.7 Å². The van der Waals surface area contributed by atoms with Crippen molar-refractivity contribution in [3.8, 4) is 11.5 Å². The van der Waals surface area contributed by atoms with Crippen LogP contribution in [-0.4, -0.2) is 33.0 Å². The molecule has 1 aliphatic heterocycles. The molecule has 2 atom stereocenters. The molecule has 0 saturated carbocycles. The lowest BCUT2D eigenvalue weighted by Crippen LogP contribution is -2.30. The molecule has 0 amide bonds. The van der Waals surface area contributed by atoms with E-state index >= 15 is 0 Å². The molecule has 4 rings (SSSR count). The molecule has 3 aromatic rings. The molecule has 0 spiro atoms. The number of pyridine rings is 1. The Morgan fingerprint density at radius 2 is 2.00 bits per heavy atom. The van der Waals surface area contributed by atoms with E-state index in [9.17, 15) is 0 Å². The largest absolute Gasteiger partial charge is 0.377 e. The van der Waals surface area contributed by atoms with Crippen LogP contribution in [0.2, 0.25) is 0 Å². The van der Waals surface area contributed by atoms with Gasteiger partial charge in [0.15, 0.2) is 5.82 Å². The molecule has 4 heterocycles. The first-order valence-electron chi connectivity index (χ1n) is 8.11. The second kappa shape index (κ2) is 5.37. The van der Waals surface area contributed by atoms with Crippen molar-refractivity contribution in [2.75, 3.05) is 6.61 Å². The van der Waals surface area contributed by atoms with Gasteiger partial charge in [0.05, 0.1) is 28.7 Å². The van der Waals surface area contributed by atoms with Crippen molar-refractivity contribution in [1.29, 1.82) is 0 Å². The highest BCUT2D eigenvalue weighted by Crippen LogP contribution is 2.40. The van der Waals surface area contributed by atoms with Crippen molar-refractivity contribution in [2.45, 2.75) is 46.1 Å². The van der Waals surface area contributed by atoms with E-state index in [1.165, 1.54) is 0 Å². The van der Waals surface area contributed by atoms with Crippen molar-refractivity contribution >= 4 is 11.1 Å². The van der Waals surface area contributed by atoms with Gasteiger partial charge in [-0.3, -0.25) is 0 Å². The molecule has 126 valence electrons. The molecule has 0 radical (unpaired) electrons. The maximum Gasteiger partial charge on any atom is 0.259 e. The average molecular weight is 328 g/mol. The number of aryl methyl sites for hydroxylation is 1. The van der Waals surface area contributed by atoms with Crippen molar-refractivity contribution in [1.82, 2.24) is 20.3 Å². The van der Waals surface area contributed by atoms with Crippen molar-refractivity contribution in [3.05, 3.63) is 23.8 Å². The minimum Gasteiger partial charge on any atom is -0.377 e. The zero-order valence-electron chi connectivity index (χ0n) is 14.2. The zero-order chi connectivity index (χ0) is 16.9. The van der Waals surface area contributed by atoms with Gasteiger partial charge in [0.1, 0.15) is 0 Å². The first kappa shape index (κ1) is 15.3. The van der Waals surface area contributed by atoms with Gasteiger partial charge in [0.25, 0.3) is 11.6 Å². The van der Waals surface area contributed by atoms with Crippen LogP contribution in [0.25, 0.3) is 22.6 Å². The second-order valence-corrected chi connectivity index (χ2v) is 7.36. The number of nitrogens with zero attached hydrogens (tertiary/aromatic N) is 4. The fourth-order valence-electron chi connectivity index (χ4n) is 3.27. The highest BCUT2D eigenvalue weighted by atomic mass is 16.5. The third kappa shape index (κ3) is 2.49. The topological polar surface area (TPSA) is 87.1 Å². The number of hydrogen-bond donors (Lipinski definition) is 0. The van der Waals surface area contributed by atoms with E-state index in [1.807, 2.05) is 13.0 Å². The van der Waals surface area contributed by atoms with Crippen LogP contribution in [-0.2, 0) is 4.74 Å². The monoisotopic (exact) mass is 328 g/mol. The average Bonchev–Trinajstić information content (AvgIpc) is 3.25. The minimum absolute atomic E-state index is 0.0298. The Morgan fingerprint density at radius 3 is 2.79 bits per heavy atom. The van der Waals surface area contributed by atoms with Crippen LogP contribution in [0.15, 0.2) is 21.3 Å². The third-order valence-corrected chi connectivity index (χ3v) is 4.48. The van der Waals surface area contributed by atoms with E-state index < -0.39 is 0 Å². The fourth-order valence-corrected chi connectivity index (χ4v) is 3.27. The predicted octanol–water partition coefficient (Wildman–Crippen LogP) is 3.50. The molecule has 0 aliphatic carbocycles. The smallest absolute Gasteiger partial charge is 0.259 e. The van der Waals surface area contributed by atoms with E-state index in [4.69, 9.17) is 13.8 Å². The van der Waals surface area contributed by atoms with Crippen molar-refractivity contribution in [3.63, 3.8) is 0 Å². The maximum atomic E-state index is 5.91. The number of rotatable bonds is 2. The first-order chi connectivity index (χ1) is 11.4. The molecule has 0 unspecified atom stereocenters. The third-order valence-electron chi connectivity index (χ3n) is 4.48. The van der Waals surface area contributed by atoms with Crippen LogP contribution in [0.5, 0.6) is 0 Å². The Labute approximate surface area is 139 Å². The summed E-state index contributed by atoms with van der Waals surface area (Å²) in [6, 6.07) is 1.91. The lowest BCUT2D eigenvalue weighted by Gasteiger charge is -2.29. The van der Waals surface area contributed by atoms with Gasteiger partial charge in [-0.25, -0.2) is 4.98 Å². The van der Waals surface area contributed by atoms with Gasteiger partial charge in [0.2, 0.25) is 0 Å². The standard InChI is InChI=1S/C17H20N4O3/c1-9-12-7-10(8-18-16(12)24-20-9)15-19-14(21-23-15)11-5-6-22-13(11)17(2,3)4/h7-8,11,13H,5-6H2,1-4H3/t11-,13-/m1/s1. The summed E-state index contributed by atoms with van der Waals surface area (Å²) in [5.41, 5.74) is 2.09. The highest BCUT2D eigenvalue weighted by Gasteiger charge is 2.40. The van der Waals surface area contributed by atoms with Gasteiger partial charge in [-0.05, 0) is 24.8 Å². The van der Waals surface area contributed by atoms with Crippen molar-refractivity contribution in [2.24, 2.45) is 5.41 Å². The maximum absolute atomic E-state index is 5.91. The Bertz CT molecular complexity index is 877. The lowest BCUT2D eigenvalue weighted by molar-refractivity contribution is 0.0193. The van der Waals surface area contributed by atoms with Crippen LogP contribution in [0, 0.1) is 12.3 Å². The molecule has 0 aromatic carbocycles. The lowest BCUT2D eigenvalue weighted by atomic mass is 9.81. The molecule has 3 aromatic heterocycles. The molecule has 0 N–H and O–H groups in total. The number of hydrogen-bond acceptors (Lipinski definition) is 7. The summed E-state index contributed by atoms with van der Waals surface area (Å²) in [4.78, 5) is 8.86. The SMILES string of the molecule is Cc1noc2ncc(-c3nc([C@@H]4CCO[C@H]4C(C)(C)C)no3)cc12. The number of ether oxygens (including phenoxy) is 1. The van der Waals surface area contributed by atoms with Gasteiger partial charge < -0.3 is 13.8 Å². The normalized spacial score (nSPS) is 21.7. The highest BCUT2D eigenvalue weighted by molar-refractivity contribution is 5.79. The fraction of sp³-hybridized carbons (Fsp3) is 0.529. The summed E-state index contributed by atoms with van der Waals surface area (Å²) in [7, 11) is 0. The van der Waals surface area contributed by atoms with E-state index in [2.05, 4.69) is 41.1 Å². The molecule has 1 fully saturated rings. The van der Waals surface area contributed by atoms with Gasteiger partial charge in [0, 0.05) is 12.8 Å². The molecule has 7 heteroatoms. The van der Waals surface area contributed by atoms with Gasteiger partial charge >= 0.3 is 0 Å². The van der Waals surface area contributed by atoms with E-state index in [1.54, 1.807) is 6.20 Å². The van der Waals surface area contributed by atoms with Gasteiger partial charge in [-0.1, -0.05) is 31.1 Å². The minimum atomic E-state index is 0.0298. The Hall–Kier alpha value is -2.28. The van der Waals surface area contributed by atoms with E-state index in [-0.39, 0.29) is 17.4 Å². The quantitative estimate of drug-likeness (QED) is 0.711. The molecular weight excluding hydrogens is 308 g/mol. The Balaban J connectivity index is 1.67. The van der Waals surface area contributed by atoms with Crippen LogP contribution in [0.1, 0.15) is 44.6 Å². The number of fused-ring (bicyclic) bond motifs is 1. The van der Waals surface area contributed by atoms with Crippen LogP contribution < -0.4 is 0 Å². The predicted molar refractivity (Wildman–Crippen MR) is 86.4 cm³/mol. The van der Waals surface area contributed by atoms with Crippen LogP contribution in [0.4, 0.5) is 0 Å². The Morgan fingerprint density at radius 1 is 1.17 bits per heavy atom. The van der Waals surface area contributed by atoms with Gasteiger partial charge in [-0.15, -0.1) is 0 Å². The number of aromatic nitrogens is 4. The molecule has 24 heavy (non-hydrogen) atoms. The Kier molecular flexibility index (Phi) is 3.42.